The van der Waals surface area contributed by atoms with Crippen LogP contribution in [-0.2, 0) is 11.3 Å². The molecule has 1 atom stereocenters. The number of methoxy groups -OCH3 is 1. The number of imidazole rings is 1. The molecule has 4 nitrogen and oxygen atoms in total. The fourth-order valence-corrected chi connectivity index (χ4v) is 1.56. The van der Waals surface area contributed by atoms with Crippen LogP contribution in [0.2, 0.25) is 0 Å². The molecule has 0 aliphatic heterocycles. The number of rotatable bonds is 7. The van der Waals surface area contributed by atoms with Gasteiger partial charge >= 0.3 is 0 Å². The first kappa shape index (κ1) is 12.2. The molecule has 1 aromatic heterocycles. The average molecular weight is 211 g/mol. The van der Waals surface area contributed by atoms with Gasteiger partial charge in [0.2, 0.25) is 0 Å². The summed E-state index contributed by atoms with van der Waals surface area (Å²) in [4.78, 5) is 4.14. The maximum atomic E-state index is 5.98. The lowest BCUT2D eigenvalue weighted by Gasteiger charge is -2.12. The Morgan fingerprint density at radius 1 is 1.53 bits per heavy atom. The van der Waals surface area contributed by atoms with Crippen molar-refractivity contribution < 1.29 is 4.74 Å². The predicted molar refractivity (Wildman–Crippen MR) is 60.6 cm³/mol. The quantitative estimate of drug-likeness (QED) is 0.699. The molecule has 1 aromatic rings. The fraction of sp³-hybridized carbons (Fsp3) is 0.727. The molecule has 0 saturated carbocycles. The maximum Gasteiger partial charge on any atom is 0.0948 e. The highest BCUT2D eigenvalue weighted by molar-refractivity contribution is 5.03. The number of unbranched alkanes of at least 4 members (excludes halogenated alkanes) is 1. The summed E-state index contributed by atoms with van der Waals surface area (Å²) in [6.45, 7) is 3.89. The summed E-state index contributed by atoms with van der Waals surface area (Å²) >= 11 is 0. The van der Waals surface area contributed by atoms with E-state index in [-0.39, 0.29) is 6.04 Å². The molecule has 0 amide bonds. The Morgan fingerprint density at radius 3 is 3.00 bits per heavy atom. The van der Waals surface area contributed by atoms with Gasteiger partial charge in [0.15, 0.2) is 0 Å². The van der Waals surface area contributed by atoms with Gasteiger partial charge in [0.05, 0.1) is 12.0 Å². The Labute approximate surface area is 91.4 Å². The molecule has 86 valence electrons. The first-order valence-electron chi connectivity index (χ1n) is 5.54. The minimum atomic E-state index is 0.106. The van der Waals surface area contributed by atoms with E-state index in [0.717, 1.165) is 38.1 Å². The third kappa shape index (κ3) is 3.64. The monoisotopic (exact) mass is 211 g/mol. The van der Waals surface area contributed by atoms with E-state index in [1.54, 1.807) is 7.11 Å². The van der Waals surface area contributed by atoms with Gasteiger partial charge in [-0.05, 0) is 19.3 Å². The topological polar surface area (TPSA) is 53.1 Å². The Morgan fingerprint density at radius 2 is 2.33 bits per heavy atom. The van der Waals surface area contributed by atoms with Crippen LogP contribution in [0.3, 0.4) is 0 Å². The van der Waals surface area contributed by atoms with Crippen molar-refractivity contribution in [1.29, 1.82) is 0 Å². The first-order chi connectivity index (χ1) is 7.29. The molecule has 2 N–H and O–H groups in total. The summed E-state index contributed by atoms with van der Waals surface area (Å²) in [6.07, 6.45) is 6.86. The highest BCUT2D eigenvalue weighted by Gasteiger charge is 2.08. The Hall–Kier alpha value is -0.870. The molecule has 0 radical (unpaired) electrons. The normalized spacial score (nSPS) is 13.0. The fourth-order valence-electron chi connectivity index (χ4n) is 1.56. The van der Waals surface area contributed by atoms with Crippen LogP contribution in [0.5, 0.6) is 0 Å². The maximum absolute atomic E-state index is 5.98. The number of aromatic nitrogens is 2. The SMILES string of the molecule is CC[C@@H](N)c1cncn1CCCCOC. The number of nitrogens with zero attached hydrogens (tertiary/aromatic N) is 2. The molecule has 0 spiro atoms. The zero-order valence-electron chi connectivity index (χ0n) is 9.65. The van der Waals surface area contributed by atoms with Crippen molar-refractivity contribution in [3.8, 4) is 0 Å². The van der Waals surface area contributed by atoms with E-state index in [9.17, 15) is 0 Å². The summed E-state index contributed by atoms with van der Waals surface area (Å²) < 4.78 is 7.15. The van der Waals surface area contributed by atoms with Crippen LogP contribution < -0.4 is 5.73 Å². The molecule has 0 bridgehead atoms. The van der Waals surface area contributed by atoms with Crippen LogP contribution in [0.25, 0.3) is 0 Å². The summed E-state index contributed by atoms with van der Waals surface area (Å²) in [7, 11) is 1.73. The number of hydrogen-bond acceptors (Lipinski definition) is 3. The average Bonchev–Trinajstić information content (AvgIpc) is 2.71. The predicted octanol–water partition coefficient (Wildman–Crippen LogP) is 1.72. The second-order valence-electron chi connectivity index (χ2n) is 3.73. The van der Waals surface area contributed by atoms with E-state index in [4.69, 9.17) is 10.5 Å². The van der Waals surface area contributed by atoms with Gasteiger partial charge in [-0.3, -0.25) is 0 Å². The lowest BCUT2D eigenvalue weighted by atomic mass is 10.2. The van der Waals surface area contributed by atoms with Crippen LogP contribution in [0, 0.1) is 0 Å². The zero-order valence-corrected chi connectivity index (χ0v) is 9.65. The van der Waals surface area contributed by atoms with E-state index >= 15 is 0 Å². The van der Waals surface area contributed by atoms with Crippen LogP contribution in [0.1, 0.15) is 37.9 Å². The molecule has 0 unspecified atom stereocenters. The van der Waals surface area contributed by atoms with Crippen molar-refractivity contribution in [1.82, 2.24) is 9.55 Å². The van der Waals surface area contributed by atoms with E-state index < -0.39 is 0 Å². The van der Waals surface area contributed by atoms with Gasteiger partial charge in [-0.1, -0.05) is 6.92 Å². The highest BCUT2D eigenvalue weighted by atomic mass is 16.5. The molecule has 0 fully saturated rings. The number of ether oxygens (including phenoxy) is 1. The molecule has 0 saturated heterocycles. The minimum absolute atomic E-state index is 0.106. The van der Waals surface area contributed by atoms with Crippen molar-refractivity contribution in [3.05, 3.63) is 18.2 Å². The van der Waals surface area contributed by atoms with Crippen LogP contribution in [0.4, 0.5) is 0 Å². The van der Waals surface area contributed by atoms with Gasteiger partial charge < -0.3 is 15.0 Å². The van der Waals surface area contributed by atoms with Gasteiger partial charge in [0.1, 0.15) is 0 Å². The second-order valence-corrected chi connectivity index (χ2v) is 3.73. The third-order valence-electron chi connectivity index (χ3n) is 2.56. The van der Waals surface area contributed by atoms with Crippen LogP contribution in [-0.4, -0.2) is 23.3 Å². The van der Waals surface area contributed by atoms with Gasteiger partial charge in [-0.25, -0.2) is 4.98 Å². The zero-order chi connectivity index (χ0) is 11.1. The molecular formula is C11H21N3O. The van der Waals surface area contributed by atoms with Gasteiger partial charge in [0, 0.05) is 32.5 Å². The number of nitrogens with two attached hydrogens (primary N) is 1. The van der Waals surface area contributed by atoms with Crippen molar-refractivity contribution >= 4 is 0 Å². The first-order valence-corrected chi connectivity index (χ1v) is 5.54. The minimum Gasteiger partial charge on any atom is -0.385 e. The summed E-state index contributed by atoms with van der Waals surface area (Å²) in [6, 6.07) is 0.106. The molecule has 0 aliphatic carbocycles. The largest absolute Gasteiger partial charge is 0.385 e. The highest BCUT2D eigenvalue weighted by Crippen LogP contribution is 2.13. The smallest absolute Gasteiger partial charge is 0.0948 e. The molecule has 0 aliphatic rings. The van der Waals surface area contributed by atoms with Crippen molar-refractivity contribution in [2.24, 2.45) is 5.73 Å². The van der Waals surface area contributed by atoms with Crippen LogP contribution in [0.15, 0.2) is 12.5 Å². The lowest BCUT2D eigenvalue weighted by Crippen LogP contribution is -2.14. The van der Waals surface area contributed by atoms with Gasteiger partial charge in [-0.2, -0.15) is 0 Å². The summed E-state index contributed by atoms with van der Waals surface area (Å²) in [5, 5.41) is 0. The van der Waals surface area contributed by atoms with Gasteiger partial charge in [-0.15, -0.1) is 0 Å². The Kier molecular flexibility index (Phi) is 5.36. The molecule has 0 aromatic carbocycles. The van der Waals surface area contributed by atoms with Crippen molar-refractivity contribution in [3.63, 3.8) is 0 Å². The molecule has 15 heavy (non-hydrogen) atoms. The second kappa shape index (κ2) is 6.58. The molecule has 4 heteroatoms. The van der Waals surface area contributed by atoms with E-state index in [1.165, 1.54) is 0 Å². The third-order valence-corrected chi connectivity index (χ3v) is 2.56. The standard InChI is InChI=1S/C11H21N3O/c1-3-10(12)11-8-13-9-14(11)6-4-5-7-15-2/h8-10H,3-7,12H2,1-2H3/t10-/m1/s1. The van der Waals surface area contributed by atoms with Crippen LogP contribution >= 0.6 is 0 Å². The Balaban J connectivity index is 2.43. The molecule has 1 rings (SSSR count). The summed E-state index contributed by atoms with van der Waals surface area (Å²) in [5.41, 5.74) is 7.12. The van der Waals surface area contributed by atoms with E-state index in [2.05, 4.69) is 16.5 Å². The molecule has 1 heterocycles. The number of hydrogen-bond donors (Lipinski definition) is 1. The van der Waals surface area contributed by atoms with Crippen molar-refractivity contribution in [2.45, 2.75) is 38.8 Å². The number of aryl methyl sites for hydroxylation is 1. The van der Waals surface area contributed by atoms with Gasteiger partial charge in [0.25, 0.3) is 0 Å². The summed E-state index contributed by atoms with van der Waals surface area (Å²) in [5.74, 6) is 0. The van der Waals surface area contributed by atoms with Crippen molar-refractivity contribution in [2.75, 3.05) is 13.7 Å². The lowest BCUT2D eigenvalue weighted by molar-refractivity contribution is 0.191. The van der Waals surface area contributed by atoms with E-state index in [1.807, 2.05) is 12.5 Å². The Bertz CT molecular complexity index is 273. The van der Waals surface area contributed by atoms with E-state index in [0.29, 0.717) is 0 Å². The molecular weight excluding hydrogens is 190 g/mol.